The van der Waals surface area contributed by atoms with Crippen molar-refractivity contribution in [3.8, 4) is 6.07 Å². The van der Waals surface area contributed by atoms with E-state index in [4.69, 9.17) is 5.26 Å². The van der Waals surface area contributed by atoms with E-state index in [1.165, 1.54) is 5.75 Å². The molecule has 3 heteroatoms. The van der Waals surface area contributed by atoms with Crippen molar-refractivity contribution >= 4 is 11.8 Å². The van der Waals surface area contributed by atoms with Crippen LogP contribution in [0, 0.1) is 17.2 Å². The molecule has 0 aromatic carbocycles. The molecule has 0 fully saturated rings. The van der Waals surface area contributed by atoms with Crippen LogP contribution in [-0.4, -0.2) is 23.6 Å². The Morgan fingerprint density at radius 2 is 2.14 bits per heavy atom. The summed E-state index contributed by atoms with van der Waals surface area (Å²) in [5.41, 5.74) is -0.335. The van der Waals surface area contributed by atoms with E-state index >= 15 is 0 Å². The van der Waals surface area contributed by atoms with E-state index in [-0.39, 0.29) is 5.54 Å². The predicted octanol–water partition coefficient (Wildman–Crippen LogP) is 2.66. The molecule has 0 bridgehead atoms. The highest BCUT2D eigenvalue weighted by atomic mass is 32.2. The highest BCUT2D eigenvalue weighted by Crippen LogP contribution is 2.15. The third-order valence-corrected chi connectivity index (χ3v) is 3.41. The number of nitriles is 1. The summed E-state index contributed by atoms with van der Waals surface area (Å²) in [6.07, 6.45) is 0.925. The summed E-state index contributed by atoms with van der Waals surface area (Å²) in [4.78, 5) is 0. The molecule has 1 unspecified atom stereocenters. The lowest BCUT2D eigenvalue weighted by Gasteiger charge is -2.22. The number of nitrogens with one attached hydrogen (secondary N) is 1. The van der Waals surface area contributed by atoms with Crippen molar-refractivity contribution in [2.75, 3.05) is 18.1 Å². The third-order valence-electron chi connectivity index (χ3n) is 2.01. The van der Waals surface area contributed by atoms with Crippen molar-refractivity contribution in [2.45, 2.75) is 39.7 Å². The van der Waals surface area contributed by atoms with Crippen LogP contribution in [0.2, 0.25) is 0 Å². The third kappa shape index (κ3) is 6.28. The molecule has 0 spiro atoms. The van der Waals surface area contributed by atoms with Crippen LogP contribution in [0.15, 0.2) is 0 Å². The topological polar surface area (TPSA) is 35.8 Å². The Hall–Kier alpha value is -0.200. The fourth-order valence-corrected chi connectivity index (χ4v) is 2.36. The normalized spacial score (nSPS) is 15.1. The van der Waals surface area contributed by atoms with Crippen LogP contribution >= 0.6 is 11.8 Å². The van der Waals surface area contributed by atoms with Gasteiger partial charge < -0.3 is 0 Å². The molecule has 0 aromatic rings. The van der Waals surface area contributed by atoms with E-state index in [9.17, 15) is 0 Å². The largest absolute Gasteiger partial charge is 0.300 e. The number of nitrogens with zero attached hydrogens (tertiary/aromatic N) is 1. The van der Waals surface area contributed by atoms with Crippen LogP contribution in [0.25, 0.3) is 0 Å². The quantitative estimate of drug-likeness (QED) is 0.662. The highest BCUT2D eigenvalue weighted by molar-refractivity contribution is 7.99. The molecule has 1 atom stereocenters. The van der Waals surface area contributed by atoms with Gasteiger partial charge >= 0.3 is 0 Å². The second kappa shape index (κ2) is 7.14. The van der Waals surface area contributed by atoms with Gasteiger partial charge in [-0.2, -0.15) is 17.0 Å². The molecule has 0 radical (unpaired) electrons. The average molecular weight is 214 g/mol. The van der Waals surface area contributed by atoms with Crippen LogP contribution < -0.4 is 5.32 Å². The van der Waals surface area contributed by atoms with Gasteiger partial charge in [0.15, 0.2) is 0 Å². The van der Waals surface area contributed by atoms with E-state index in [1.807, 2.05) is 25.6 Å². The highest BCUT2D eigenvalue weighted by Gasteiger charge is 2.21. The van der Waals surface area contributed by atoms with E-state index in [0.29, 0.717) is 0 Å². The van der Waals surface area contributed by atoms with Gasteiger partial charge in [0.1, 0.15) is 5.54 Å². The maximum atomic E-state index is 9.00. The molecule has 0 rings (SSSR count). The molecule has 0 saturated heterocycles. The Labute approximate surface area is 92.5 Å². The lowest BCUT2D eigenvalue weighted by atomic mass is 10.0. The van der Waals surface area contributed by atoms with Crippen LogP contribution in [-0.2, 0) is 0 Å². The fourth-order valence-electron chi connectivity index (χ4n) is 1.17. The SMILES string of the molecule is CCNC(C)(C#N)CCSCC(C)C. The zero-order valence-corrected chi connectivity index (χ0v) is 10.6. The van der Waals surface area contributed by atoms with Crippen molar-refractivity contribution in [3.05, 3.63) is 0 Å². The number of thioether (sulfide) groups is 1. The number of rotatable bonds is 7. The molecule has 0 saturated carbocycles. The Kier molecular flexibility index (Phi) is 7.04. The van der Waals surface area contributed by atoms with E-state index in [1.54, 1.807) is 0 Å². The maximum Gasteiger partial charge on any atom is 0.104 e. The molecule has 82 valence electrons. The van der Waals surface area contributed by atoms with Crippen LogP contribution in [0.5, 0.6) is 0 Å². The summed E-state index contributed by atoms with van der Waals surface area (Å²) in [5, 5.41) is 12.2. The van der Waals surface area contributed by atoms with Crippen molar-refractivity contribution in [2.24, 2.45) is 5.92 Å². The van der Waals surface area contributed by atoms with Crippen molar-refractivity contribution in [1.82, 2.24) is 5.32 Å². The summed E-state index contributed by atoms with van der Waals surface area (Å²) in [6.45, 7) is 9.32. The van der Waals surface area contributed by atoms with Gasteiger partial charge in [-0.15, -0.1) is 0 Å². The van der Waals surface area contributed by atoms with Crippen LogP contribution in [0.1, 0.15) is 34.1 Å². The second-order valence-corrected chi connectivity index (χ2v) is 5.34. The first kappa shape index (κ1) is 13.8. The number of hydrogen-bond acceptors (Lipinski definition) is 3. The van der Waals surface area contributed by atoms with Gasteiger partial charge in [-0.25, -0.2) is 0 Å². The first-order valence-electron chi connectivity index (χ1n) is 5.28. The van der Waals surface area contributed by atoms with Crippen LogP contribution in [0.4, 0.5) is 0 Å². The molecule has 0 aromatic heterocycles. The molecule has 14 heavy (non-hydrogen) atoms. The Morgan fingerprint density at radius 1 is 1.50 bits per heavy atom. The smallest absolute Gasteiger partial charge is 0.104 e. The monoisotopic (exact) mass is 214 g/mol. The molecule has 2 nitrogen and oxygen atoms in total. The van der Waals surface area contributed by atoms with Gasteiger partial charge in [0, 0.05) is 0 Å². The second-order valence-electron chi connectivity index (χ2n) is 4.19. The Bertz CT molecular complexity index is 186. The molecule has 1 N–H and O–H groups in total. The molecular formula is C11H22N2S. The first-order chi connectivity index (χ1) is 6.54. The summed E-state index contributed by atoms with van der Waals surface area (Å²) >= 11 is 1.94. The van der Waals surface area contributed by atoms with Gasteiger partial charge in [-0.3, -0.25) is 5.32 Å². The molecule has 0 amide bonds. The minimum absolute atomic E-state index is 0.335. The fraction of sp³-hybridized carbons (Fsp3) is 0.909. The summed E-state index contributed by atoms with van der Waals surface area (Å²) in [5.74, 6) is 3.00. The van der Waals surface area contributed by atoms with E-state index in [2.05, 4.69) is 25.2 Å². The maximum absolute atomic E-state index is 9.00. The van der Waals surface area contributed by atoms with Crippen molar-refractivity contribution in [3.63, 3.8) is 0 Å². The van der Waals surface area contributed by atoms with Gasteiger partial charge in [0.25, 0.3) is 0 Å². The summed E-state index contributed by atoms with van der Waals surface area (Å²) in [7, 11) is 0. The van der Waals surface area contributed by atoms with Crippen molar-refractivity contribution < 1.29 is 0 Å². The van der Waals surface area contributed by atoms with Gasteiger partial charge in [0.05, 0.1) is 6.07 Å². The van der Waals surface area contributed by atoms with Gasteiger partial charge in [-0.1, -0.05) is 20.8 Å². The Morgan fingerprint density at radius 3 is 2.57 bits per heavy atom. The molecule has 0 aliphatic heterocycles. The zero-order chi connectivity index (χ0) is 11.0. The summed E-state index contributed by atoms with van der Waals surface area (Å²) < 4.78 is 0. The van der Waals surface area contributed by atoms with E-state index in [0.717, 1.165) is 24.6 Å². The lowest BCUT2D eigenvalue weighted by molar-refractivity contribution is 0.450. The molecule has 0 heterocycles. The molecule has 0 aliphatic rings. The summed E-state index contributed by atoms with van der Waals surface area (Å²) in [6, 6.07) is 2.34. The van der Waals surface area contributed by atoms with Gasteiger partial charge in [0.2, 0.25) is 0 Å². The predicted molar refractivity (Wildman–Crippen MR) is 64.5 cm³/mol. The van der Waals surface area contributed by atoms with E-state index < -0.39 is 0 Å². The average Bonchev–Trinajstić information content (AvgIpc) is 2.13. The number of hydrogen-bond donors (Lipinski definition) is 1. The molecular weight excluding hydrogens is 192 g/mol. The standard InChI is InChI=1S/C11H22N2S/c1-5-13-11(4,9-12)6-7-14-8-10(2)3/h10,13H,5-8H2,1-4H3. The Balaban J connectivity index is 3.69. The van der Waals surface area contributed by atoms with Crippen molar-refractivity contribution in [1.29, 1.82) is 5.26 Å². The minimum Gasteiger partial charge on any atom is -0.300 e. The molecule has 0 aliphatic carbocycles. The zero-order valence-electron chi connectivity index (χ0n) is 9.76. The minimum atomic E-state index is -0.335. The van der Waals surface area contributed by atoms with Gasteiger partial charge in [-0.05, 0) is 37.3 Å². The van der Waals surface area contributed by atoms with Crippen LogP contribution in [0.3, 0.4) is 0 Å². The lowest BCUT2D eigenvalue weighted by Crippen LogP contribution is -2.41. The first-order valence-corrected chi connectivity index (χ1v) is 6.43.